The molecule has 5 atom stereocenters. The first-order valence-electron chi connectivity index (χ1n) is 11.4. The number of nitrogens with zero attached hydrogens (tertiary/aromatic N) is 2. The number of fused-ring (bicyclic) bond motifs is 1. The van der Waals surface area contributed by atoms with E-state index in [1.54, 1.807) is 47.7 Å². The molecule has 2 aliphatic rings. The molecule has 2 saturated heterocycles. The lowest BCUT2D eigenvalue weighted by Crippen LogP contribution is -2.55. The van der Waals surface area contributed by atoms with E-state index in [0.717, 1.165) is 10.5 Å². The fourth-order valence-electron chi connectivity index (χ4n) is 3.91. The maximum atomic E-state index is 13.3. The lowest BCUT2D eigenvalue weighted by molar-refractivity contribution is -0.0721. The van der Waals surface area contributed by atoms with Crippen LogP contribution in [0.2, 0.25) is 0 Å². The highest BCUT2D eigenvalue weighted by Gasteiger charge is 2.59. The molecule has 4 rings (SSSR count). The van der Waals surface area contributed by atoms with Gasteiger partial charge in [0, 0.05) is 21.5 Å². The molecule has 0 amide bonds. The van der Waals surface area contributed by atoms with Gasteiger partial charge in [-0.05, 0) is 38.0 Å². The van der Waals surface area contributed by atoms with Crippen LogP contribution in [0.4, 0.5) is 0 Å². The summed E-state index contributed by atoms with van der Waals surface area (Å²) in [4.78, 5) is 17.5. The molecule has 0 saturated carbocycles. The molecule has 0 radical (unpaired) electrons. The SMILES string of the molecule is Cc1ccn([C@@H]2O[C@@H]3COP(=O)(OCCc4ccccc4SSC(C)(C)C)O[C@H]3[C@@]2(C)N)c(=O)n1. The summed E-state index contributed by atoms with van der Waals surface area (Å²) in [6, 6.07) is 9.77. The molecule has 1 aromatic carbocycles. The number of phosphoric ester groups is 1. The molecule has 1 aromatic heterocycles. The Balaban J connectivity index is 1.41. The van der Waals surface area contributed by atoms with Crippen LogP contribution in [0.1, 0.15) is 45.2 Å². The normalized spacial score (nSPS) is 30.9. The van der Waals surface area contributed by atoms with E-state index in [9.17, 15) is 9.36 Å². The van der Waals surface area contributed by atoms with Gasteiger partial charge in [-0.25, -0.2) is 9.36 Å². The van der Waals surface area contributed by atoms with Gasteiger partial charge in [-0.3, -0.25) is 18.1 Å². The van der Waals surface area contributed by atoms with Crippen LogP contribution in [-0.2, 0) is 29.3 Å². The predicted octanol–water partition coefficient (Wildman–Crippen LogP) is 4.49. The van der Waals surface area contributed by atoms with E-state index < -0.39 is 37.5 Å². The van der Waals surface area contributed by atoms with E-state index in [0.29, 0.717) is 12.1 Å². The molecule has 2 aliphatic heterocycles. The quantitative estimate of drug-likeness (QED) is 0.397. The van der Waals surface area contributed by atoms with Crippen molar-refractivity contribution in [2.75, 3.05) is 13.2 Å². The second kappa shape index (κ2) is 10.3. The number of aromatic nitrogens is 2. The Morgan fingerprint density at radius 3 is 2.77 bits per heavy atom. The van der Waals surface area contributed by atoms with E-state index in [1.165, 1.54) is 4.57 Å². The van der Waals surface area contributed by atoms with E-state index in [-0.39, 0.29) is 18.0 Å². The monoisotopic (exact) mass is 541 g/mol. The van der Waals surface area contributed by atoms with Crippen LogP contribution >= 0.6 is 29.4 Å². The third-order valence-electron chi connectivity index (χ3n) is 5.62. The summed E-state index contributed by atoms with van der Waals surface area (Å²) in [6.45, 7) is 10.1. The lowest BCUT2D eigenvalue weighted by atomic mass is 9.93. The smallest absolute Gasteiger partial charge is 0.347 e. The van der Waals surface area contributed by atoms with Crippen LogP contribution in [0.5, 0.6) is 0 Å². The van der Waals surface area contributed by atoms with Gasteiger partial charge in [0.2, 0.25) is 0 Å². The van der Waals surface area contributed by atoms with Gasteiger partial charge in [0.25, 0.3) is 0 Å². The lowest BCUT2D eigenvalue weighted by Gasteiger charge is -2.35. The first kappa shape index (κ1) is 26.9. The zero-order valence-electron chi connectivity index (χ0n) is 20.5. The first-order chi connectivity index (χ1) is 16.4. The molecule has 1 unspecified atom stereocenters. The largest absolute Gasteiger partial charge is 0.475 e. The molecule has 2 N–H and O–H groups in total. The van der Waals surface area contributed by atoms with E-state index in [1.807, 2.05) is 18.2 Å². The van der Waals surface area contributed by atoms with Gasteiger partial charge in [-0.1, -0.05) is 60.6 Å². The number of nitrogens with two attached hydrogens (primary N) is 1. The summed E-state index contributed by atoms with van der Waals surface area (Å²) in [5, 5.41) is 0. The van der Waals surface area contributed by atoms with Crippen molar-refractivity contribution in [1.82, 2.24) is 9.55 Å². The van der Waals surface area contributed by atoms with Crippen molar-refractivity contribution < 1.29 is 22.9 Å². The third kappa shape index (κ3) is 6.22. The molecule has 0 aliphatic carbocycles. The maximum absolute atomic E-state index is 13.3. The standard InChI is InChI=1S/C23H32N3O6PS2/c1-15-10-12-26(21(27)25-15)20-23(5,24)19-17(31-20)14-30-33(28,32-19)29-13-11-16-8-6-7-9-18(16)34-35-22(2,3)4/h6-10,12,17,19-20H,11,13-14,24H2,1-5H3/t17-,19-,20-,23-,33?/m1/s1. The molecule has 2 fully saturated rings. The van der Waals surface area contributed by atoms with Crippen molar-refractivity contribution in [2.24, 2.45) is 5.73 Å². The second-order valence-electron chi connectivity index (χ2n) is 9.89. The Morgan fingerprint density at radius 1 is 1.31 bits per heavy atom. The fourth-order valence-corrected chi connectivity index (χ4v) is 7.65. The minimum atomic E-state index is -3.87. The fraction of sp³-hybridized carbons (Fsp3) is 0.565. The molecule has 192 valence electrons. The van der Waals surface area contributed by atoms with Gasteiger partial charge in [0.1, 0.15) is 12.2 Å². The number of aryl methyl sites for hydroxylation is 1. The predicted molar refractivity (Wildman–Crippen MR) is 137 cm³/mol. The van der Waals surface area contributed by atoms with Gasteiger partial charge in [0.15, 0.2) is 6.23 Å². The highest BCUT2D eigenvalue weighted by molar-refractivity contribution is 8.77. The Hall–Kier alpha value is -1.17. The van der Waals surface area contributed by atoms with Crippen LogP contribution in [0.15, 0.2) is 46.2 Å². The minimum Gasteiger partial charge on any atom is -0.347 e. The van der Waals surface area contributed by atoms with Crippen molar-refractivity contribution in [2.45, 2.75) is 74.7 Å². The van der Waals surface area contributed by atoms with Crippen LogP contribution in [0, 0.1) is 6.92 Å². The molecular weight excluding hydrogens is 509 g/mol. The van der Waals surface area contributed by atoms with Crippen LogP contribution in [0.3, 0.4) is 0 Å². The number of ether oxygens (including phenoxy) is 1. The maximum Gasteiger partial charge on any atom is 0.475 e. The number of benzene rings is 1. The van der Waals surface area contributed by atoms with Crippen LogP contribution in [0.25, 0.3) is 0 Å². The van der Waals surface area contributed by atoms with Gasteiger partial charge in [0.05, 0.1) is 18.8 Å². The molecule has 3 heterocycles. The van der Waals surface area contributed by atoms with E-state index in [4.69, 9.17) is 24.0 Å². The average molecular weight is 542 g/mol. The zero-order chi connectivity index (χ0) is 25.4. The third-order valence-corrected chi connectivity index (χ3v) is 10.5. The Bertz CT molecular complexity index is 1170. The zero-order valence-corrected chi connectivity index (χ0v) is 23.0. The molecule has 0 bridgehead atoms. The molecule has 0 spiro atoms. The van der Waals surface area contributed by atoms with Crippen molar-refractivity contribution in [1.29, 1.82) is 0 Å². The van der Waals surface area contributed by atoms with Crippen molar-refractivity contribution in [3.05, 3.63) is 58.3 Å². The van der Waals surface area contributed by atoms with E-state index in [2.05, 4.69) is 31.8 Å². The first-order valence-corrected chi connectivity index (χ1v) is 15.0. The highest BCUT2D eigenvalue weighted by Crippen LogP contribution is 2.58. The van der Waals surface area contributed by atoms with Crippen molar-refractivity contribution >= 4 is 29.4 Å². The number of phosphoric acid groups is 1. The van der Waals surface area contributed by atoms with Gasteiger partial charge in [-0.15, -0.1) is 0 Å². The topological polar surface area (TPSA) is 115 Å². The van der Waals surface area contributed by atoms with Crippen LogP contribution in [-0.4, -0.2) is 45.3 Å². The summed E-state index contributed by atoms with van der Waals surface area (Å²) in [7, 11) is -0.368. The number of rotatable bonds is 7. The summed E-state index contributed by atoms with van der Waals surface area (Å²) < 4.78 is 37.7. The van der Waals surface area contributed by atoms with Crippen molar-refractivity contribution in [3.8, 4) is 0 Å². The Morgan fingerprint density at radius 2 is 2.06 bits per heavy atom. The van der Waals surface area contributed by atoms with Crippen molar-refractivity contribution in [3.63, 3.8) is 0 Å². The van der Waals surface area contributed by atoms with Gasteiger partial charge in [-0.2, -0.15) is 4.98 Å². The summed E-state index contributed by atoms with van der Waals surface area (Å²) in [5.74, 6) is 0. The van der Waals surface area contributed by atoms with E-state index >= 15 is 0 Å². The Kier molecular flexibility index (Phi) is 7.91. The molecule has 2 aromatic rings. The Labute approximate surface area is 213 Å². The number of hydrogen-bond acceptors (Lipinski definition) is 10. The minimum absolute atomic E-state index is 0.0199. The van der Waals surface area contributed by atoms with Gasteiger partial charge >= 0.3 is 13.5 Å². The summed E-state index contributed by atoms with van der Waals surface area (Å²) in [6.07, 6.45) is -0.103. The molecule has 35 heavy (non-hydrogen) atoms. The van der Waals surface area contributed by atoms with Gasteiger partial charge < -0.3 is 10.5 Å². The number of hydrogen-bond donors (Lipinski definition) is 1. The molecule has 12 heteroatoms. The molecular formula is C23H32N3O6PS2. The summed E-state index contributed by atoms with van der Waals surface area (Å²) in [5.41, 5.74) is 6.61. The highest BCUT2D eigenvalue weighted by atomic mass is 33.1. The second-order valence-corrected chi connectivity index (χ2v) is 14.5. The molecule has 9 nitrogen and oxygen atoms in total. The average Bonchev–Trinajstić information content (AvgIpc) is 3.02. The van der Waals surface area contributed by atoms with Crippen LogP contribution < -0.4 is 11.4 Å². The summed E-state index contributed by atoms with van der Waals surface area (Å²) >= 11 is 0.